The molecule has 0 unspecified atom stereocenters. The van der Waals surface area contributed by atoms with Crippen molar-refractivity contribution in [2.45, 2.75) is 6.92 Å². The van der Waals surface area contributed by atoms with Crippen molar-refractivity contribution in [1.82, 2.24) is 4.98 Å². The Morgan fingerprint density at radius 1 is 1.56 bits per heavy atom. The quantitative estimate of drug-likeness (QED) is 0.860. The molecule has 1 aliphatic rings. The molecule has 1 saturated heterocycles. The first-order chi connectivity index (χ1) is 8.60. The lowest BCUT2D eigenvalue weighted by atomic mass is 9.82. The summed E-state index contributed by atoms with van der Waals surface area (Å²) < 4.78 is 10.4. The Hall–Kier alpha value is -1.66. The van der Waals surface area contributed by atoms with Gasteiger partial charge in [-0.15, -0.1) is 0 Å². The van der Waals surface area contributed by atoms with Crippen LogP contribution in [-0.2, 0) is 4.74 Å². The number of thiazole rings is 1. The number of aromatic nitrogens is 1. The molecule has 0 spiro atoms. The van der Waals surface area contributed by atoms with Crippen LogP contribution in [0.15, 0.2) is 22.8 Å². The average molecular weight is 264 g/mol. The molecular formula is C12H12N2O3S. The van der Waals surface area contributed by atoms with E-state index in [1.54, 1.807) is 18.4 Å². The highest BCUT2D eigenvalue weighted by atomic mass is 32.1. The number of Topliss-reactive ketones (excluding diaryl/α,β-unsaturated/α-hetero) is 1. The van der Waals surface area contributed by atoms with E-state index >= 15 is 0 Å². The fourth-order valence-corrected chi connectivity index (χ4v) is 2.81. The molecule has 6 heteroatoms. The van der Waals surface area contributed by atoms with Crippen LogP contribution in [0.25, 0.3) is 11.5 Å². The van der Waals surface area contributed by atoms with Gasteiger partial charge in [0.15, 0.2) is 16.7 Å². The van der Waals surface area contributed by atoms with Crippen LogP contribution in [0.1, 0.15) is 16.6 Å². The number of rotatable bonds is 3. The number of nitrogens with two attached hydrogens (primary N) is 1. The van der Waals surface area contributed by atoms with Crippen molar-refractivity contribution in [2.24, 2.45) is 5.41 Å². The van der Waals surface area contributed by atoms with E-state index in [0.29, 0.717) is 34.7 Å². The zero-order valence-corrected chi connectivity index (χ0v) is 10.6. The first kappa shape index (κ1) is 11.4. The van der Waals surface area contributed by atoms with E-state index in [-0.39, 0.29) is 5.78 Å². The minimum Gasteiger partial charge on any atom is -0.463 e. The molecule has 2 aromatic heterocycles. The molecule has 1 aliphatic heterocycles. The van der Waals surface area contributed by atoms with Crippen molar-refractivity contribution in [1.29, 1.82) is 0 Å². The summed E-state index contributed by atoms with van der Waals surface area (Å²) in [5, 5.41) is 0.369. The van der Waals surface area contributed by atoms with Crippen LogP contribution in [0.2, 0.25) is 0 Å². The van der Waals surface area contributed by atoms with Crippen molar-refractivity contribution in [3.8, 4) is 11.5 Å². The highest BCUT2D eigenvalue weighted by Crippen LogP contribution is 2.38. The van der Waals surface area contributed by atoms with E-state index in [2.05, 4.69) is 4.98 Å². The number of carbonyl (C=O) groups excluding carboxylic acids is 1. The van der Waals surface area contributed by atoms with Gasteiger partial charge in [-0.2, -0.15) is 0 Å². The number of furan rings is 1. The summed E-state index contributed by atoms with van der Waals surface area (Å²) >= 11 is 1.20. The third-order valence-corrected chi connectivity index (χ3v) is 3.88. The van der Waals surface area contributed by atoms with Gasteiger partial charge in [0.25, 0.3) is 0 Å². The minimum absolute atomic E-state index is 0.0225. The second-order valence-electron chi connectivity index (χ2n) is 4.59. The molecule has 5 nitrogen and oxygen atoms in total. The summed E-state index contributed by atoms with van der Waals surface area (Å²) in [7, 11) is 0. The number of nitrogen functional groups attached to an aromatic ring is 1. The molecule has 2 aromatic rings. The smallest absolute Gasteiger partial charge is 0.185 e. The van der Waals surface area contributed by atoms with Crippen molar-refractivity contribution >= 4 is 22.3 Å². The summed E-state index contributed by atoms with van der Waals surface area (Å²) in [6.07, 6.45) is 1.55. The molecule has 0 atom stereocenters. The lowest BCUT2D eigenvalue weighted by Crippen LogP contribution is -2.46. The van der Waals surface area contributed by atoms with Gasteiger partial charge in [-0.3, -0.25) is 4.79 Å². The number of carbonyl (C=O) groups is 1. The Bertz CT molecular complexity index is 584. The van der Waals surface area contributed by atoms with Crippen molar-refractivity contribution in [3.63, 3.8) is 0 Å². The molecular weight excluding hydrogens is 252 g/mol. The van der Waals surface area contributed by atoms with E-state index in [4.69, 9.17) is 14.9 Å². The summed E-state index contributed by atoms with van der Waals surface area (Å²) in [5.74, 6) is 0.587. The topological polar surface area (TPSA) is 78.4 Å². The predicted molar refractivity (Wildman–Crippen MR) is 67.5 cm³/mol. The third kappa shape index (κ3) is 1.65. The van der Waals surface area contributed by atoms with Gasteiger partial charge in [0.05, 0.1) is 24.9 Å². The number of hydrogen-bond acceptors (Lipinski definition) is 6. The van der Waals surface area contributed by atoms with E-state index < -0.39 is 5.41 Å². The largest absolute Gasteiger partial charge is 0.463 e. The fourth-order valence-electron chi connectivity index (χ4n) is 1.88. The maximum atomic E-state index is 12.5. The van der Waals surface area contributed by atoms with Gasteiger partial charge in [0.2, 0.25) is 0 Å². The van der Waals surface area contributed by atoms with Crippen LogP contribution in [-0.4, -0.2) is 24.0 Å². The lowest BCUT2D eigenvalue weighted by Gasteiger charge is -2.36. The molecule has 3 heterocycles. The Morgan fingerprint density at radius 3 is 2.89 bits per heavy atom. The molecule has 18 heavy (non-hydrogen) atoms. The van der Waals surface area contributed by atoms with Crippen molar-refractivity contribution in [3.05, 3.63) is 23.3 Å². The highest BCUT2D eigenvalue weighted by Gasteiger charge is 2.43. The first-order valence-corrected chi connectivity index (χ1v) is 6.34. The molecule has 1 fully saturated rings. The van der Waals surface area contributed by atoms with Gasteiger partial charge in [-0.1, -0.05) is 11.3 Å². The SMILES string of the molecule is CC1(C(=O)c2sc(N)nc2-c2ccco2)COC1. The number of ketones is 1. The number of nitrogens with zero attached hydrogens (tertiary/aromatic N) is 1. The van der Waals surface area contributed by atoms with Crippen LogP contribution in [0.3, 0.4) is 0 Å². The maximum absolute atomic E-state index is 12.5. The second-order valence-corrected chi connectivity index (χ2v) is 5.62. The van der Waals surface area contributed by atoms with Crippen LogP contribution >= 0.6 is 11.3 Å². The zero-order valence-electron chi connectivity index (χ0n) is 9.80. The monoisotopic (exact) mass is 264 g/mol. The molecule has 0 aromatic carbocycles. The predicted octanol–water partition coefficient (Wildman–Crippen LogP) is 2.20. The molecule has 0 bridgehead atoms. The Morgan fingerprint density at radius 2 is 2.33 bits per heavy atom. The second kappa shape index (κ2) is 3.93. The summed E-state index contributed by atoms with van der Waals surface area (Å²) in [6.45, 7) is 2.78. The average Bonchev–Trinajstić information content (AvgIpc) is 2.93. The Labute approximate surface area is 108 Å². The summed E-state index contributed by atoms with van der Waals surface area (Å²) in [5.41, 5.74) is 5.78. The van der Waals surface area contributed by atoms with Gasteiger partial charge in [0, 0.05) is 0 Å². The van der Waals surface area contributed by atoms with E-state index in [9.17, 15) is 4.79 Å². The van der Waals surface area contributed by atoms with Crippen LogP contribution in [0.5, 0.6) is 0 Å². The van der Waals surface area contributed by atoms with Gasteiger partial charge >= 0.3 is 0 Å². The number of anilines is 1. The molecule has 0 radical (unpaired) electrons. The molecule has 3 rings (SSSR count). The lowest BCUT2D eigenvalue weighted by molar-refractivity contribution is -0.0765. The molecule has 2 N–H and O–H groups in total. The minimum atomic E-state index is -0.458. The first-order valence-electron chi connectivity index (χ1n) is 5.53. The molecule has 0 amide bonds. The zero-order chi connectivity index (χ0) is 12.8. The maximum Gasteiger partial charge on any atom is 0.185 e. The summed E-state index contributed by atoms with van der Waals surface area (Å²) in [6, 6.07) is 3.53. The molecule has 0 saturated carbocycles. The Kier molecular flexibility index (Phi) is 2.49. The third-order valence-electron chi connectivity index (χ3n) is 2.99. The Balaban J connectivity index is 2.04. The number of ether oxygens (including phenoxy) is 1. The molecule has 94 valence electrons. The van der Waals surface area contributed by atoms with Crippen molar-refractivity contribution < 1.29 is 13.9 Å². The van der Waals surface area contributed by atoms with Gasteiger partial charge < -0.3 is 14.9 Å². The van der Waals surface area contributed by atoms with Crippen LogP contribution < -0.4 is 5.73 Å². The van der Waals surface area contributed by atoms with Crippen molar-refractivity contribution in [2.75, 3.05) is 18.9 Å². The standard InChI is InChI=1S/C12H12N2O3S/c1-12(5-16-6-12)10(15)9-8(14-11(13)18-9)7-3-2-4-17-7/h2-4H,5-6H2,1H3,(H2,13,14). The number of hydrogen-bond donors (Lipinski definition) is 1. The highest BCUT2D eigenvalue weighted by molar-refractivity contribution is 7.17. The van der Waals surface area contributed by atoms with E-state index in [1.807, 2.05) is 6.92 Å². The normalized spacial score (nSPS) is 17.4. The van der Waals surface area contributed by atoms with E-state index in [1.165, 1.54) is 11.3 Å². The van der Waals surface area contributed by atoms with E-state index in [0.717, 1.165) is 0 Å². The summed E-state index contributed by atoms with van der Waals surface area (Å²) in [4.78, 5) is 17.2. The van der Waals surface area contributed by atoms with Crippen LogP contribution in [0, 0.1) is 5.41 Å². The van der Waals surface area contributed by atoms with Gasteiger partial charge in [-0.05, 0) is 19.1 Å². The van der Waals surface area contributed by atoms with Gasteiger partial charge in [-0.25, -0.2) is 4.98 Å². The fraction of sp³-hybridized carbons (Fsp3) is 0.333. The molecule has 0 aliphatic carbocycles. The van der Waals surface area contributed by atoms with Crippen LogP contribution in [0.4, 0.5) is 5.13 Å². The van der Waals surface area contributed by atoms with Gasteiger partial charge in [0.1, 0.15) is 10.6 Å².